The van der Waals surface area contributed by atoms with E-state index >= 15 is 0 Å². The van der Waals surface area contributed by atoms with Crippen LogP contribution in [0.3, 0.4) is 0 Å². The first-order valence-corrected chi connectivity index (χ1v) is 6.79. The maximum atomic E-state index is 12.9. The first kappa shape index (κ1) is 17.0. The molecule has 0 aliphatic carbocycles. The molecular formula is C13H15BrF3NO2. The fourth-order valence-electron chi connectivity index (χ4n) is 1.62. The zero-order valence-corrected chi connectivity index (χ0v) is 12.5. The predicted octanol–water partition coefficient (Wildman–Crippen LogP) is 3.62. The Morgan fingerprint density at radius 2 is 2.05 bits per heavy atom. The number of nitrogens with one attached hydrogen (secondary N) is 1. The SMILES string of the molecule is COCCCCNC(=O)c1ccc(Br)cc1C(F)(F)F. The van der Waals surface area contributed by atoms with Crippen molar-refractivity contribution in [2.24, 2.45) is 0 Å². The molecule has 0 saturated heterocycles. The fraction of sp³-hybridized carbons (Fsp3) is 0.462. The molecule has 0 spiro atoms. The molecule has 112 valence electrons. The van der Waals surface area contributed by atoms with Crippen molar-refractivity contribution in [1.82, 2.24) is 5.32 Å². The van der Waals surface area contributed by atoms with Crippen LogP contribution in [0.1, 0.15) is 28.8 Å². The molecule has 3 nitrogen and oxygen atoms in total. The molecule has 1 rings (SSSR count). The second kappa shape index (κ2) is 7.64. The number of rotatable bonds is 6. The van der Waals surface area contributed by atoms with Gasteiger partial charge >= 0.3 is 6.18 Å². The number of carbonyl (C=O) groups is 1. The van der Waals surface area contributed by atoms with Gasteiger partial charge < -0.3 is 10.1 Å². The molecule has 0 saturated carbocycles. The molecule has 1 N–H and O–H groups in total. The van der Waals surface area contributed by atoms with E-state index < -0.39 is 17.6 Å². The summed E-state index contributed by atoms with van der Waals surface area (Å²) in [5.41, 5.74) is -1.31. The zero-order valence-electron chi connectivity index (χ0n) is 10.9. The second-order valence-corrected chi connectivity index (χ2v) is 5.06. The van der Waals surface area contributed by atoms with E-state index in [0.717, 1.165) is 18.6 Å². The van der Waals surface area contributed by atoms with Gasteiger partial charge in [-0.25, -0.2) is 0 Å². The van der Waals surface area contributed by atoms with Crippen LogP contribution >= 0.6 is 15.9 Å². The third kappa shape index (κ3) is 5.13. The summed E-state index contributed by atoms with van der Waals surface area (Å²) in [6.45, 7) is 0.873. The molecule has 0 heterocycles. The molecule has 20 heavy (non-hydrogen) atoms. The third-order valence-electron chi connectivity index (χ3n) is 2.59. The van der Waals surface area contributed by atoms with E-state index in [1.54, 1.807) is 7.11 Å². The fourth-order valence-corrected chi connectivity index (χ4v) is 1.98. The highest BCUT2D eigenvalue weighted by atomic mass is 79.9. The number of halogens is 4. The molecule has 1 aromatic rings. The highest BCUT2D eigenvalue weighted by molar-refractivity contribution is 9.10. The summed E-state index contributed by atoms with van der Waals surface area (Å²) in [5.74, 6) is -0.720. The van der Waals surface area contributed by atoms with Crippen LogP contribution in [0.5, 0.6) is 0 Å². The lowest BCUT2D eigenvalue weighted by molar-refractivity contribution is -0.138. The summed E-state index contributed by atoms with van der Waals surface area (Å²) in [4.78, 5) is 11.8. The smallest absolute Gasteiger partial charge is 0.385 e. The number of hydrogen-bond acceptors (Lipinski definition) is 2. The molecular weight excluding hydrogens is 339 g/mol. The quantitative estimate of drug-likeness (QED) is 0.793. The van der Waals surface area contributed by atoms with Gasteiger partial charge in [0.25, 0.3) is 5.91 Å². The molecule has 0 atom stereocenters. The number of amides is 1. The molecule has 0 radical (unpaired) electrons. The van der Waals surface area contributed by atoms with Gasteiger partial charge in [-0.15, -0.1) is 0 Å². The molecule has 1 amide bonds. The lowest BCUT2D eigenvalue weighted by Crippen LogP contribution is -2.27. The van der Waals surface area contributed by atoms with Crippen molar-refractivity contribution in [2.75, 3.05) is 20.3 Å². The van der Waals surface area contributed by atoms with Gasteiger partial charge in [0.05, 0.1) is 11.1 Å². The summed E-state index contributed by atoms with van der Waals surface area (Å²) in [7, 11) is 1.57. The molecule has 0 aliphatic heterocycles. The van der Waals surface area contributed by atoms with Crippen LogP contribution < -0.4 is 5.32 Å². The maximum absolute atomic E-state index is 12.9. The van der Waals surface area contributed by atoms with Gasteiger partial charge in [0.2, 0.25) is 0 Å². The lowest BCUT2D eigenvalue weighted by atomic mass is 10.1. The van der Waals surface area contributed by atoms with Gasteiger partial charge in [-0.1, -0.05) is 15.9 Å². The third-order valence-corrected chi connectivity index (χ3v) is 3.09. The number of alkyl halides is 3. The molecule has 0 aromatic heterocycles. The van der Waals surface area contributed by atoms with E-state index in [1.165, 1.54) is 6.07 Å². The molecule has 0 unspecified atom stereocenters. The van der Waals surface area contributed by atoms with Crippen molar-refractivity contribution < 1.29 is 22.7 Å². The highest BCUT2D eigenvalue weighted by Gasteiger charge is 2.35. The minimum atomic E-state index is -4.56. The maximum Gasteiger partial charge on any atom is 0.417 e. The van der Waals surface area contributed by atoms with E-state index in [2.05, 4.69) is 21.2 Å². The van der Waals surface area contributed by atoms with Crippen LogP contribution in [-0.4, -0.2) is 26.2 Å². The summed E-state index contributed by atoms with van der Waals surface area (Å²) in [6.07, 6.45) is -3.17. The molecule has 7 heteroatoms. The van der Waals surface area contributed by atoms with E-state index in [4.69, 9.17) is 4.74 Å². The van der Waals surface area contributed by atoms with Crippen LogP contribution in [0.15, 0.2) is 22.7 Å². The summed E-state index contributed by atoms with van der Waals surface area (Å²) >= 11 is 2.97. The van der Waals surface area contributed by atoms with Crippen LogP contribution in [-0.2, 0) is 10.9 Å². The topological polar surface area (TPSA) is 38.3 Å². The average molecular weight is 354 g/mol. The van der Waals surface area contributed by atoms with Gasteiger partial charge in [0, 0.05) is 24.7 Å². The van der Waals surface area contributed by atoms with Crippen molar-refractivity contribution in [3.05, 3.63) is 33.8 Å². The normalized spacial score (nSPS) is 11.4. The number of unbranched alkanes of at least 4 members (excludes halogenated alkanes) is 1. The largest absolute Gasteiger partial charge is 0.417 e. The Morgan fingerprint density at radius 1 is 1.35 bits per heavy atom. The van der Waals surface area contributed by atoms with E-state index in [1.807, 2.05) is 0 Å². The Balaban J connectivity index is 2.73. The number of hydrogen-bond donors (Lipinski definition) is 1. The molecule has 0 fully saturated rings. The van der Waals surface area contributed by atoms with Crippen molar-refractivity contribution in [1.29, 1.82) is 0 Å². The Hall–Kier alpha value is -1.08. The van der Waals surface area contributed by atoms with Gasteiger partial charge in [-0.3, -0.25) is 4.79 Å². The van der Waals surface area contributed by atoms with Gasteiger partial charge in [-0.05, 0) is 31.0 Å². The Labute approximate surface area is 123 Å². The van der Waals surface area contributed by atoms with Crippen LogP contribution in [0.2, 0.25) is 0 Å². The number of benzene rings is 1. The van der Waals surface area contributed by atoms with Gasteiger partial charge in [-0.2, -0.15) is 13.2 Å². The monoisotopic (exact) mass is 353 g/mol. The van der Waals surface area contributed by atoms with Crippen LogP contribution in [0, 0.1) is 0 Å². The lowest BCUT2D eigenvalue weighted by Gasteiger charge is -2.13. The average Bonchev–Trinajstić information content (AvgIpc) is 2.37. The van der Waals surface area contributed by atoms with E-state index in [-0.39, 0.29) is 10.0 Å². The molecule has 0 bridgehead atoms. The van der Waals surface area contributed by atoms with Crippen LogP contribution in [0.25, 0.3) is 0 Å². The highest BCUT2D eigenvalue weighted by Crippen LogP contribution is 2.33. The first-order valence-electron chi connectivity index (χ1n) is 6.00. The number of ether oxygens (including phenoxy) is 1. The van der Waals surface area contributed by atoms with Crippen molar-refractivity contribution in [3.8, 4) is 0 Å². The summed E-state index contributed by atoms with van der Waals surface area (Å²) in [6, 6.07) is 3.48. The number of methoxy groups -OCH3 is 1. The van der Waals surface area contributed by atoms with Crippen molar-refractivity contribution in [3.63, 3.8) is 0 Å². The minimum Gasteiger partial charge on any atom is -0.385 e. The standard InChI is InChI=1S/C13H15BrF3NO2/c1-20-7-3-2-6-18-12(19)10-5-4-9(14)8-11(10)13(15,16)17/h4-5,8H,2-3,6-7H2,1H3,(H,18,19). The van der Waals surface area contributed by atoms with Gasteiger partial charge in [0.1, 0.15) is 0 Å². The zero-order chi connectivity index (χ0) is 15.2. The van der Waals surface area contributed by atoms with Crippen molar-refractivity contribution >= 4 is 21.8 Å². The predicted molar refractivity (Wildman–Crippen MR) is 72.6 cm³/mol. The van der Waals surface area contributed by atoms with E-state index in [9.17, 15) is 18.0 Å². The summed E-state index contributed by atoms with van der Waals surface area (Å²) in [5, 5.41) is 2.48. The Morgan fingerprint density at radius 3 is 2.65 bits per heavy atom. The number of carbonyl (C=O) groups excluding carboxylic acids is 1. The molecule has 0 aliphatic rings. The van der Waals surface area contributed by atoms with Gasteiger partial charge in [0.15, 0.2) is 0 Å². The second-order valence-electron chi connectivity index (χ2n) is 4.14. The van der Waals surface area contributed by atoms with Crippen molar-refractivity contribution in [2.45, 2.75) is 19.0 Å². The van der Waals surface area contributed by atoms with Crippen LogP contribution in [0.4, 0.5) is 13.2 Å². The minimum absolute atomic E-state index is 0.279. The molecule has 1 aromatic carbocycles. The van der Waals surface area contributed by atoms with E-state index in [0.29, 0.717) is 19.6 Å². The summed E-state index contributed by atoms with van der Waals surface area (Å²) < 4.78 is 43.7. The first-order chi connectivity index (χ1) is 9.36. The Kier molecular flexibility index (Phi) is 6.48. The Bertz CT molecular complexity index is 463.